The van der Waals surface area contributed by atoms with Gasteiger partial charge in [0.05, 0.1) is 22.5 Å². The van der Waals surface area contributed by atoms with E-state index < -0.39 is 5.41 Å². The maximum atomic E-state index is 7.11. The second-order valence-electron chi connectivity index (χ2n) is 14.2. The Balaban J connectivity index is 1.21. The summed E-state index contributed by atoms with van der Waals surface area (Å²) in [5, 5.41) is 0. The van der Waals surface area contributed by atoms with Crippen molar-refractivity contribution in [3.8, 4) is 56.3 Å². The molecule has 0 saturated carbocycles. The summed E-state index contributed by atoms with van der Waals surface area (Å²) in [6.45, 7) is 6.01. The molecule has 1 aromatic heterocycles. The van der Waals surface area contributed by atoms with Crippen molar-refractivity contribution in [2.75, 3.05) is 0 Å². The first-order valence-electron chi connectivity index (χ1n) is 18.9. The van der Waals surface area contributed by atoms with E-state index in [1.165, 1.54) is 22.3 Å². The van der Waals surface area contributed by atoms with Crippen molar-refractivity contribution in [1.82, 2.24) is 9.97 Å². The number of ether oxygens (including phenoxy) is 1. The number of hydrogen-bond acceptors (Lipinski definition) is 4. The van der Waals surface area contributed by atoms with Crippen LogP contribution in [-0.4, -0.2) is 16.2 Å². The summed E-state index contributed by atoms with van der Waals surface area (Å²) in [6.07, 6.45) is 12.0. The number of para-hydroxylation sites is 1. The van der Waals surface area contributed by atoms with E-state index in [0.29, 0.717) is 0 Å². The van der Waals surface area contributed by atoms with Gasteiger partial charge in [-0.2, -0.15) is 0 Å². The highest BCUT2D eigenvalue weighted by molar-refractivity contribution is 5.91. The molecule has 0 fully saturated rings. The number of rotatable bonds is 6. The number of nitrogens with zero attached hydrogens (tertiary/aromatic N) is 3. The molecular formula is C51H37N3O. The predicted molar refractivity (Wildman–Crippen MR) is 226 cm³/mol. The number of fused-ring (bicyclic) bond motifs is 9. The molecule has 262 valence electrons. The summed E-state index contributed by atoms with van der Waals surface area (Å²) in [4.78, 5) is 15.1. The van der Waals surface area contributed by atoms with E-state index >= 15 is 0 Å². The minimum absolute atomic E-state index is 0.591. The average Bonchev–Trinajstić information content (AvgIpc) is 3.54. The molecular weight excluding hydrogens is 671 g/mol. The zero-order valence-electron chi connectivity index (χ0n) is 30.5. The lowest BCUT2D eigenvalue weighted by molar-refractivity contribution is 0.437. The lowest BCUT2D eigenvalue weighted by atomic mass is 9.65. The van der Waals surface area contributed by atoms with Gasteiger partial charge in [0.1, 0.15) is 11.5 Å². The van der Waals surface area contributed by atoms with Crippen molar-refractivity contribution in [3.63, 3.8) is 0 Å². The molecule has 0 atom stereocenters. The van der Waals surface area contributed by atoms with Gasteiger partial charge < -0.3 is 4.74 Å². The summed E-state index contributed by atoms with van der Waals surface area (Å²) in [5.74, 6) is 2.38. The van der Waals surface area contributed by atoms with Gasteiger partial charge in [0, 0.05) is 39.6 Å². The maximum absolute atomic E-state index is 7.11. The predicted octanol–water partition coefficient (Wildman–Crippen LogP) is 13.0. The smallest absolute Gasteiger partial charge is 0.156 e. The summed E-state index contributed by atoms with van der Waals surface area (Å²) < 4.78 is 7.11. The van der Waals surface area contributed by atoms with Crippen LogP contribution in [0.3, 0.4) is 0 Å². The Bertz CT molecular complexity index is 2730. The van der Waals surface area contributed by atoms with E-state index in [4.69, 9.17) is 19.7 Å². The molecule has 4 heteroatoms. The van der Waals surface area contributed by atoms with Crippen LogP contribution < -0.4 is 4.74 Å². The molecule has 1 aliphatic heterocycles. The fourth-order valence-corrected chi connectivity index (χ4v) is 8.76. The third kappa shape index (κ3) is 5.17. The largest absolute Gasteiger partial charge is 0.457 e. The molecule has 6 aromatic carbocycles. The minimum atomic E-state index is -0.591. The Morgan fingerprint density at radius 1 is 0.636 bits per heavy atom. The van der Waals surface area contributed by atoms with Gasteiger partial charge >= 0.3 is 0 Å². The van der Waals surface area contributed by atoms with E-state index in [1.807, 2.05) is 25.3 Å². The zero-order chi connectivity index (χ0) is 36.9. The average molecular weight is 708 g/mol. The highest BCUT2D eigenvalue weighted by Crippen LogP contribution is 2.62. The molecule has 3 aliphatic rings. The van der Waals surface area contributed by atoms with Gasteiger partial charge in [-0.05, 0) is 71.4 Å². The van der Waals surface area contributed by atoms with Crippen molar-refractivity contribution >= 4 is 23.6 Å². The summed E-state index contributed by atoms with van der Waals surface area (Å²) in [5.41, 5.74) is 15.5. The SMILES string of the molecule is C=Cc1cccc(-c2ccc3c(c2)Oc2cc(-c4cc(-c5ccccc5)nc(C5=CC=CCC5)n4)ccc2C32c3ccccc3-c3ccccc32)c1/N=C\C. The van der Waals surface area contributed by atoms with E-state index in [0.717, 1.165) is 91.8 Å². The van der Waals surface area contributed by atoms with Crippen molar-refractivity contribution in [3.05, 3.63) is 198 Å². The fourth-order valence-electron chi connectivity index (χ4n) is 8.76. The van der Waals surface area contributed by atoms with E-state index in [1.54, 1.807) is 0 Å². The van der Waals surface area contributed by atoms with Gasteiger partial charge in [-0.1, -0.05) is 152 Å². The molecule has 4 nitrogen and oxygen atoms in total. The minimum Gasteiger partial charge on any atom is -0.457 e. The topological polar surface area (TPSA) is 47.4 Å². The van der Waals surface area contributed by atoms with Crippen LogP contribution >= 0.6 is 0 Å². The molecule has 0 radical (unpaired) electrons. The van der Waals surface area contributed by atoms with Crippen LogP contribution in [0.25, 0.3) is 56.4 Å². The van der Waals surface area contributed by atoms with Crippen LogP contribution in [0.2, 0.25) is 0 Å². The maximum Gasteiger partial charge on any atom is 0.156 e. The van der Waals surface area contributed by atoms with Gasteiger partial charge in [0.2, 0.25) is 0 Å². The molecule has 10 rings (SSSR count). The summed E-state index contributed by atoms with van der Waals surface area (Å²) >= 11 is 0. The Labute approximate surface area is 321 Å². The molecule has 2 aliphatic carbocycles. The van der Waals surface area contributed by atoms with Crippen LogP contribution in [0.5, 0.6) is 11.5 Å². The fraction of sp³-hybridized carbons (Fsp3) is 0.0784. The van der Waals surface area contributed by atoms with Crippen LogP contribution in [0, 0.1) is 0 Å². The number of benzene rings is 6. The molecule has 0 unspecified atom stereocenters. The summed E-state index contributed by atoms with van der Waals surface area (Å²) in [6, 6.07) is 49.7. The second-order valence-corrected chi connectivity index (χ2v) is 14.2. The highest BCUT2D eigenvalue weighted by Gasteiger charge is 2.51. The quantitative estimate of drug-likeness (QED) is 0.162. The molecule has 7 aromatic rings. The second kappa shape index (κ2) is 13.2. The van der Waals surface area contributed by atoms with Crippen LogP contribution in [-0.2, 0) is 5.41 Å². The normalized spacial score (nSPS) is 14.5. The lowest BCUT2D eigenvalue weighted by Crippen LogP contribution is -2.32. The van der Waals surface area contributed by atoms with Gasteiger partial charge in [0.25, 0.3) is 0 Å². The van der Waals surface area contributed by atoms with E-state index in [-0.39, 0.29) is 0 Å². The summed E-state index contributed by atoms with van der Waals surface area (Å²) in [7, 11) is 0. The van der Waals surface area contributed by atoms with Gasteiger partial charge in [-0.3, -0.25) is 4.99 Å². The van der Waals surface area contributed by atoms with E-state index in [2.05, 4.69) is 158 Å². The van der Waals surface area contributed by atoms with Crippen molar-refractivity contribution in [2.45, 2.75) is 25.2 Å². The Morgan fingerprint density at radius 3 is 1.95 bits per heavy atom. The standard InChI is InChI=1S/C51H37N3O/c1-3-33-20-15-23-38(49(33)52-4-2)36-26-28-43-47(30-36)55-48-31-37(27-29-44(48)51(43)41-24-13-11-21-39(41)40-22-12-14-25-42(40)51)46-32-45(34-16-7-5-8-17-34)53-50(54-46)35-18-9-6-10-19-35/h3-9,11-18,20-32H,1,10,19H2,2H3/b52-4-. The molecule has 55 heavy (non-hydrogen) atoms. The van der Waals surface area contributed by atoms with E-state index in [9.17, 15) is 0 Å². The number of hydrogen-bond donors (Lipinski definition) is 0. The van der Waals surface area contributed by atoms with Crippen molar-refractivity contribution in [2.24, 2.45) is 4.99 Å². The number of aromatic nitrogens is 2. The first-order valence-corrected chi connectivity index (χ1v) is 18.9. The van der Waals surface area contributed by atoms with Crippen LogP contribution in [0.15, 0.2) is 169 Å². The Kier molecular flexibility index (Phi) is 7.85. The Hall–Kier alpha value is -6.91. The third-order valence-electron chi connectivity index (χ3n) is 11.2. The number of allylic oxidation sites excluding steroid dienone is 4. The number of aliphatic imine (C=N–C) groups is 1. The van der Waals surface area contributed by atoms with Gasteiger partial charge in [0.15, 0.2) is 5.82 Å². The van der Waals surface area contributed by atoms with Crippen LogP contribution in [0.4, 0.5) is 5.69 Å². The molecule has 1 spiro atoms. The van der Waals surface area contributed by atoms with Gasteiger partial charge in [-0.25, -0.2) is 9.97 Å². The molecule has 0 bridgehead atoms. The first-order chi connectivity index (χ1) is 27.2. The van der Waals surface area contributed by atoms with Crippen LogP contribution in [0.1, 0.15) is 53.4 Å². The molecule has 0 amide bonds. The zero-order valence-corrected chi connectivity index (χ0v) is 30.5. The highest BCUT2D eigenvalue weighted by atomic mass is 16.5. The first kappa shape index (κ1) is 32.7. The third-order valence-corrected chi connectivity index (χ3v) is 11.2. The molecule has 0 N–H and O–H groups in total. The monoisotopic (exact) mass is 707 g/mol. The van der Waals surface area contributed by atoms with Gasteiger partial charge in [-0.15, -0.1) is 0 Å². The molecule has 2 heterocycles. The lowest BCUT2D eigenvalue weighted by Gasteiger charge is -2.39. The van der Waals surface area contributed by atoms with Crippen molar-refractivity contribution in [1.29, 1.82) is 0 Å². The Morgan fingerprint density at radius 2 is 1.27 bits per heavy atom. The molecule has 0 saturated heterocycles. The van der Waals surface area contributed by atoms with Crippen molar-refractivity contribution < 1.29 is 4.74 Å².